The summed E-state index contributed by atoms with van der Waals surface area (Å²) < 4.78 is 5.61. The predicted molar refractivity (Wildman–Crippen MR) is 137 cm³/mol. The highest BCUT2D eigenvalue weighted by Gasteiger charge is 2.38. The van der Waals surface area contributed by atoms with Gasteiger partial charge in [-0.2, -0.15) is 10.2 Å². The fourth-order valence-corrected chi connectivity index (χ4v) is 3.47. The summed E-state index contributed by atoms with van der Waals surface area (Å²) in [5.41, 5.74) is 7.44. The molecule has 0 bridgehead atoms. The van der Waals surface area contributed by atoms with Crippen LogP contribution >= 0.6 is 0 Å². The number of hydrazone groups is 2. The van der Waals surface area contributed by atoms with E-state index in [0.29, 0.717) is 16.7 Å². The second kappa shape index (κ2) is 10.6. The minimum Gasteiger partial charge on any atom is -0.461 e. The lowest BCUT2D eigenvalue weighted by Gasteiger charge is -2.10. The second-order valence-electron chi connectivity index (χ2n) is 8.25. The number of nitrogens with zero attached hydrogens (tertiary/aromatic N) is 3. The quantitative estimate of drug-likeness (QED) is 0.347. The number of nitrogens with one attached hydrogen (secondary N) is 3. The number of aryl methyl sites for hydroxylation is 2. The van der Waals surface area contributed by atoms with Gasteiger partial charge in [0.2, 0.25) is 5.90 Å². The van der Waals surface area contributed by atoms with Gasteiger partial charge in [0, 0.05) is 28.8 Å². The Morgan fingerprint density at radius 1 is 0.892 bits per heavy atom. The first-order valence-corrected chi connectivity index (χ1v) is 11.1. The molecule has 186 valence electrons. The Morgan fingerprint density at radius 3 is 1.97 bits per heavy atom. The summed E-state index contributed by atoms with van der Waals surface area (Å²) >= 11 is 0. The molecule has 1 heterocycles. The molecule has 0 spiro atoms. The van der Waals surface area contributed by atoms with E-state index in [1.165, 1.54) is 18.2 Å². The SMILES string of the molecule is Cc1ccc(C(=O)NN=C2C(=N)OC(c3cccc([N+](=O)[O-])c3)C2=NNC(=O)c2ccc(C)cc2)cc1. The van der Waals surface area contributed by atoms with Gasteiger partial charge in [0.25, 0.3) is 17.5 Å². The van der Waals surface area contributed by atoms with Crippen LogP contribution in [-0.2, 0) is 4.74 Å². The third-order valence-electron chi connectivity index (χ3n) is 5.50. The lowest BCUT2D eigenvalue weighted by atomic mass is 10.0. The summed E-state index contributed by atoms with van der Waals surface area (Å²) in [6.45, 7) is 3.78. The van der Waals surface area contributed by atoms with E-state index in [1.807, 2.05) is 13.8 Å². The van der Waals surface area contributed by atoms with E-state index in [-0.39, 0.29) is 17.1 Å². The van der Waals surface area contributed by atoms with E-state index in [0.717, 1.165) is 11.1 Å². The van der Waals surface area contributed by atoms with Gasteiger partial charge in [0.15, 0.2) is 11.8 Å². The maximum atomic E-state index is 12.7. The van der Waals surface area contributed by atoms with Crippen molar-refractivity contribution in [1.82, 2.24) is 10.9 Å². The zero-order valence-electron chi connectivity index (χ0n) is 19.9. The van der Waals surface area contributed by atoms with Crippen LogP contribution in [0.4, 0.5) is 5.69 Å². The molecule has 0 saturated carbocycles. The number of nitro benzene ring substituents is 1. The van der Waals surface area contributed by atoms with Crippen molar-refractivity contribution < 1.29 is 19.2 Å². The van der Waals surface area contributed by atoms with Gasteiger partial charge >= 0.3 is 0 Å². The highest BCUT2D eigenvalue weighted by Crippen LogP contribution is 2.29. The van der Waals surface area contributed by atoms with Crippen molar-refractivity contribution in [2.24, 2.45) is 10.2 Å². The average Bonchev–Trinajstić information content (AvgIpc) is 3.21. The van der Waals surface area contributed by atoms with Crippen LogP contribution in [0.25, 0.3) is 0 Å². The molecule has 0 aliphatic carbocycles. The summed E-state index contributed by atoms with van der Waals surface area (Å²) in [4.78, 5) is 35.9. The standard InChI is InChI=1S/C26H22N6O5/c1-15-6-10-17(11-7-15)25(33)30-28-21-22(29-31-26(34)18-12-8-16(2)9-13-18)24(27)37-23(21)19-4-3-5-20(14-19)32(35)36/h3-14,23,27H,1-2H3,(H,30,33)(H,31,34). The molecule has 1 aliphatic heterocycles. The molecule has 1 atom stereocenters. The van der Waals surface area contributed by atoms with Gasteiger partial charge in [-0.25, -0.2) is 10.9 Å². The van der Waals surface area contributed by atoms with Gasteiger partial charge in [-0.3, -0.25) is 25.1 Å². The first-order valence-electron chi connectivity index (χ1n) is 11.1. The van der Waals surface area contributed by atoms with E-state index in [4.69, 9.17) is 10.1 Å². The van der Waals surface area contributed by atoms with Gasteiger partial charge < -0.3 is 4.74 Å². The Bertz CT molecular complexity index is 1450. The van der Waals surface area contributed by atoms with Gasteiger partial charge in [-0.05, 0) is 38.1 Å². The predicted octanol–water partition coefficient (Wildman–Crippen LogP) is 3.83. The summed E-state index contributed by atoms with van der Waals surface area (Å²) in [5, 5.41) is 27.7. The van der Waals surface area contributed by atoms with Crippen LogP contribution in [0.1, 0.15) is 43.5 Å². The number of benzene rings is 3. The molecule has 1 saturated heterocycles. The fourth-order valence-electron chi connectivity index (χ4n) is 3.47. The van der Waals surface area contributed by atoms with Crippen LogP contribution in [-0.4, -0.2) is 34.1 Å². The minimum atomic E-state index is -1.08. The Balaban J connectivity index is 1.67. The first kappa shape index (κ1) is 24.9. The lowest BCUT2D eigenvalue weighted by molar-refractivity contribution is -0.384. The highest BCUT2D eigenvalue weighted by molar-refractivity contribution is 6.69. The first-order chi connectivity index (χ1) is 17.7. The maximum Gasteiger partial charge on any atom is 0.271 e. The number of carbonyl (C=O) groups is 2. The smallest absolute Gasteiger partial charge is 0.271 e. The van der Waals surface area contributed by atoms with Crippen LogP contribution < -0.4 is 10.9 Å². The Hall–Kier alpha value is -5.19. The molecule has 1 unspecified atom stereocenters. The fraction of sp³-hybridized carbons (Fsp3) is 0.115. The summed E-state index contributed by atoms with van der Waals surface area (Å²) in [5.74, 6) is -1.47. The highest BCUT2D eigenvalue weighted by atomic mass is 16.6. The molecule has 1 aliphatic rings. The Morgan fingerprint density at radius 2 is 1.43 bits per heavy atom. The topological polar surface area (TPSA) is 159 Å². The summed E-state index contributed by atoms with van der Waals surface area (Å²) in [7, 11) is 0. The zero-order valence-corrected chi connectivity index (χ0v) is 19.9. The third kappa shape index (κ3) is 5.73. The average molecular weight is 498 g/mol. The number of non-ortho nitro benzene ring substituents is 1. The molecule has 3 aromatic carbocycles. The molecular weight excluding hydrogens is 476 g/mol. The summed E-state index contributed by atoms with van der Waals surface area (Å²) in [6.07, 6.45) is -1.08. The third-order valence-corrected chi connectivity index (χ3v) is 5.50. The van der Waals surface area contributed by atoms with Crippen LogP contribution in [0.15, 0.2) is 83.0 Å². The molecule has 37 heavy (non-hydrogen) atoms. The molecule has 11 heteroatoms. The van der Waals surface area contributed by atoms with E-state index in [2.05, 4.69) is 21.1 Å². The van der Waals surface area contributed by atoms with Crippen molar-refractivity contribution in [3.8, 4) is 0 Å². The number of ether oxygens (including phenoxy) is 1. The van der Waals surface area contributed by atoms with E-state index in [1.54, 1.807) is 54.6 Å². The normalized spacial score (nSPS) is 16.9. The van der Waals surface area contributed by atoms with Gasteiger partial charge in [-0.15, -0.1) is 0 Å². The number of hydrogen-bond donors (Lipinski definition) is 3. The number of amides is 2. The molecule has 3 aromatic rings. The van der Waals surface area contributed by atoms with Crippen LogP contribution in [0.3, 0.4) is 0 Å². The Kier molecular flexibility index (Phi) is 7.14. The van der Waals surface area contributed by atoms with Crippen molar-refractivity contribution in [3.63, 3.8) is 0 Å². The lowest BCUT2D eigenvalue weighted by Crippen LogP contribution is -2.28. The van der Waals surface area contributed by atoms with Gasteiger partial charge in [-0.1, -0.05) is 47.5 Å². The largest absolute Gasteiger partial charge is 0.461 e. The van der Waals surface area contributed by atoms with Crippen molar-refractivity contribution in [2.75, 3.05) is 0 Å². The molecule has 0 aromatic heterocycles. The number of hydrogen-bond acceptors (Lipinski definition) is 8. The van der Waals surface area contributed by atoms with Gasteiger partial charge in [0.1, 0.15) is 5.71 Å². The van der Waals surface area contributed by atoms with E-state index in [9.17, 15) is 19.7 Å². The number of rotatable bonds is 6. The summed E-state index contributed by atoms with van der Waals surface area (Å²) in [6, 6.07) is 19.2. The minimum absolute atomic E-state index is 0.00448. The van der Waals surface area contributed by atoms with Crippen molar-refractivity contribution >= 4 is 34.8 Å². The van der Waals surface area contributed by atoms with Crippen molar-refractivity contribution in [3.05, 3.63) is 111 Å². The molecule has 2 amide bonds. The number of carbonyl (C=O) groups excluding carboxylic acids is 2. The monoisotopic (exact) mass is 498 g/mol. The van der Waals surface area contributed by atoms with Crippen molar-refractivity contribution in [1.29, 1.82) is 5.41 Å². The van der Waals surface area contributed by atoms with Crippen LogP contribution in [0.2, 0.25) is 0 Å². The zero-order chi connectivity index (χ0) is 26.5. The molecule has 1 fully saturated rings. The molecule has 3 N–H and O–H groups in total. The molecular formula is C26H22N6O5. The van der Waals surface area contributed by atoms with E-state index >= 15 is 0 Å². The van der Waals surface area contributed by atoms with Gasteiger partial charge in [0.05, 0.1) is 4.92 Å². The molecule has 0 radical (unpaired) electrons. The molecule has 11 nitrogen and oxygen atoms in total. The number of nitro groups is 1. The second-order valence-corrected chi connectivity index (χ2v) is 8.25. The molecule has 4 rings (SSSR count). The van der Waals surface area contributed by atoms with E-state index < -0.39 is 28.7 Å². The van der Waals surface area contributed by atoms with Crippen LogP contribution in [0, 0.1) is 29.4 Å². The Labute approximate surface area is 211 Å². The van der Waals surface area contributed by atoms with Crippen molar-refractivity contribution in [2.45, 2.75) is 20.0 Å². The van der Waals surface area contributed by atoms with Crippen LogP contribution in [0.5, 0.6) is 0 Å². The maximum absolute atomic E-state index is 12.7.